The van der Waals surface area contributed by atoms with Crippen molar-refractivity contribution >= 4 is 12.1 Å². The number of ether oxygens (including phenoxy) is 1. The first kappa shape index (κ1) is 18.1. The summed E-state index contributed by atoms with van der Waals surface area (Å²) < 4.78 is 43.1. The average Bonchev–Trinajstić information content (AvgIpc) is 2.53. The van der Waals surface area contributed by atoms with Crippen molar-refractivity contribution in [1.82, 2.24) is 4.90 Å². The second-order valence-corrected chi connectivity index (χ2v) is 5.78. The fourth-order valence-corrected chi connectivity index (χ4v) is 2.97. The Hall–Kier alpha value is -2.25. The van der Waals surface area contributed by atoms with E-state index in [1.165, 1.54) is 24.1 Å². The van der Waals surface area contributed by atoms with Crippen LogP contribution in [0.4, 0.5) is 18.0 Å². The number of nitrogens with zero attached hydrogens (tertiary/aromatic N) is 1. The molecule has 132 valence electrons. The summed E-state index contributed by atoms with van der Waals surface area (Å²) in [6.07, 6.45) is -4.43. The molecule has 1 aliphatic rings. The highest BCUT2D eigenvalue weighted by atomic mass is 19.4. The van der Waals surface area contributed by atoms with E-state index >= 15 is 0 Å². The molecule has 0 bridgehead atoms. The van der Waals surface area contributed by atoms with E-state index in [0.29, 0.717) is 12.0 Å². The molecule has 1 aromatic carbocycles. The van der Waals surface area contributed by atoms with Gasteiger partial charge in [0.15, 0.2) is 0 Å². The van der Waals surface area contributed by atoms with Crippen LogP contribution in [0.25, 0.3) is 0 Å². The minimum absolute atomic E-state index is 0.142. The number of benzene rings is 1. The number of likely N-dealkylation sites (tertiary alicyclic amines) is 1. The summed E-state index contributed by atoms with van der Waals surface area (Å²) in [5.41, 5.74) is -0.370. The molecule has 1 fully saturated rings. The zero-order valence-electron chi connectivity index (χ0n) is 13.0. The summed E-state index contributed by atoms with van der Waals surface area (Å²) in [5.74, 6) is -1.59. The van der Waals surface area contributed by atoms with Crippen LogP contribution in [-0.4, -0.2) is 41.8 Å². The number of carboxylic acid groups (broad SMARTS) is 1. The molecule has 2 unspecified atom stereocenters. The van der Waals surface area contributed by atoms with E-state index in [9.17, 15) is 27.9 Å². The molecule has 1 aromatic rings. The van der Waals surface area contributed by atoms with Gasteiger partial charge in [-0.05, 0) is 30.9 Å². The lowest BCUT2D eigenvalue weighted by Crippen LogP contribution is -2.48. The maximum atomic E-state index is 12.8. The Morgan fingerprint density at radius 1 is 1.38 bits per heavy atom. The second kappa shape index (κ2) is 7.11. The van der Waals surface area contributed by atoms with Gasteiger partial charge in [-0.2, -0.15) is 13.2 Å². The lowest BCUT2D eigenvalue weighted by molar-refractivity contribution is -0.144. The number of hydrogen-bond donors (Lipinski definition) is 1. The topological polar surface area (TPSA) is 66.8 Å². The molecule has 1 N–H and O–H groups in total. The van der Waals surface area contributed by atoms with Gasteiger partial charge in [-0.3, -0.25) is 4.79 Å². The summed E-state index contributed by atoms with van der Waals surface area (Å²) in [6, 6.07) is 4.33. The van der Waals surface area contributed by atoms with Crippen molar-refractivity contribution in [2.75, 3.05) is 13.7 Å². The Bertz CT molecular complexity index is 618. The van der Waals surface area contributed by atoms with Crippen molar-refractivity contribution in [3.05, 3.63) is 35.4 Å². The number of alkyl halides is 3. The number of methoxy groups -OCH3 is 1. The third kappa shape index (κ3) is 4.18. The van der Waals surface area contributed by atoms with Crippen LogP contribution in [0.15, 0.2) is 24.3 Å². The van der Waals surface area contributed by atoms with Gasteiger partial charge in [-0.15, -0.1) is 0 Å². The van der Waals surface area contributed by atoms with Gasteiger partial charge in [-0.25, -0.2) is 4.79 Å². The van der Waals surface area contributed by atoms with Crippen molar-refractivity contribution in [2.24, 2.45) is 5.92 Å². The molecule has 1 saturated heterocycles. The highest BCUT2D eigenvalue weighted by Crippen LogP contribution is 2.31. The zero-order chi connectivity index (χ0) is 17.9. The van der Waals surface area contributed by atoms with Gasteiger partial charge in [0.2, 0.25) is 0 Å². The van der Waals surface area contributed by atoms with Crippen LogP contribution in [0.2, 0.25) is 0 Å². The first-order valence-electron chi connectivity index (χ1n) is 7.46. The second-order valence-electron chi connectivity index (χ2n) is 5.78. The number of halogens is 3. The van der Waals surface area contributed by atoms with E-state index in [-0.39, 0.29) is 19.4 Å². The predicted octanol–water partition coefficient (Wildman–Crippen LogP) is 3.18. The van der Waals surface area contributed by atoms with E-state index in [0.717, 1.165) is 12.1 Å². The van der Waals surface area contributed by atoms with Gasteiger partial charge in [0.05, 0.1) is 18.6 Å². The molecule has 1 heterocycles. The van der Waals surface area contributed by atoms with E-state index in [4.69, 9.17) is 4.74 Å². The number of aliphatic carboxylic acids is 1. The molecule has 2 rings (SSSR count). The van der Waals surface area contributed by atoms with Gasteiger partial charge in [-0.1, -0.05) is 18.2 Å². The number of carboxylic acids is 1. The maximum absolute atomic E-state index is 12.8. The fraction of sp³-hybridized carbons (Fsp3) is 0.500. The summed E-state index contributed by atoms with van der Waals surface area (Å²) >= 11 is 0. The van der Waals surface area contributed by atoms with E-state index in [2.05, 4.69) is 0 Å². The van der Waals surface area contributed by atoms with Crippen LogP contribution in [0.1, 0.15) is 24.0 Å². The van der Waals surface area contributed by atoms with Gasteiger partial charge in [0.1, 0.15) is 0 Å². The number of hydrogen-bond acceptors (Lipinski definition) is 3. The molecular weight excluding hydrogens is 327 g/mol. The standard InChI is InChI=1S/C16H18F3NO4/c1-24-15(23)20-6-5-11(14(21)22)9-13(20)8-10-3-2-4-12(7-10)16(17,18)19/h2-4,7,11,13H,5-6,8-9H2,1H3,(H,21,22). The number of carbonyl (C=O) groups excluding carboxylic acids is 1. The number of carbonyl (C=O) groups is 2. The van der Waals surface area contributed by atoms with Gasteiger partial charge in [0.25, 0.3) is 0 Å². The summed E-state index contributed by atoms with van der Waals surface area (Å²) in [7, 11) is 1.22. The molecule has 0 aromatic heterocycles. The van der Waals surface area contributed by atoms with Crippen molar-refractivity contribution < 1.29 is 32.6 Å². The van der Waals surface area contributed by atoms with Crippen LogP contribution >= 0.6 is 0 Å². The lowest BCUT2D eigenvalue weighted by atomic mass is 9.87. The predicted molar refractivity (Wildman–Crippen MR) is 78.4 cm³/mol. The first-order chi connectivity index (χ1) is 11.2. The summed E-state index contributed by atoms with van der Waals surface area (Å²) in [6.45, 7) is 0.202. The minimum Gasteiger partial charge on any atom is -0.481 e. The maximum Gasteiger partial charge on any atom is 0.416 e. The number of amides is 1. The lowest BCUT2D eigenvalue weighted by Gasteiger charge is -2.37. The summed E-state index contributed by atoms with van der Waals surface area (Å²) in [5, 5.41) is 9.17. The van der Waals surface area contributed by atoms with Crippen molar-refractivity contribution in [3.8, 4) is 0 Å². The largest absolute Gasteiger partial charge is 0.481 e. The van der Waals surface area contributed by atoms with Crippen LogP contribution in [-0.2, 0) is 22.1 Å². The highest BCUT2D eigenvalue weighted by Gasteiger charge is 2.36. The Kier molecular flexibility index (Phi) is 5.36. The minimum atomic E-state index is -4.45. The van der Waals surface area contributed by atoms with E-state index < -0.39 is 35.8 Å². The molecule has 1 aliphatic heterocycles. The van der Waals surface area contributed by atoms with Crippen molar-refractivity contribution in [3.63, 3.8) is 0 Å². The highest BCUT2D eigenvalue weighted by molar-refractivity contribution is 5.72. The quantitative estimate of drug-likeness (QED) is 0.914. The van der Waals surface area contributed by atoms with Crippen molar-refractivity contribution in [2.45, 2.75) is 31.5 Å². The molecular formula is C16H18F3NO4. The molecule has 2 atom stereocenters. The monoisotopic (exact) mass is 345 g/mol. The smallest absolute Gasteiger partial charge is 0.416 e. The molecule has 8 heteroatoms. The van der Waals surface area contributed by atoms with Gasteiger partial charge >= 0.3 is 18.2 Å². The van der Waals surface area contributed by atoms with Gasteiger partial charge in [0, 0.05) is 12.6 Å². The molecule has 0 aliphatic carbocycles. The average molecular weight is 345 g/mol. The molecule has 0 spiro atoms. The van der Waals surface area contributed by atoms with E-state index in [1.807, 2.05) is 0 Å². The molecule has 0 radical (unpaired) electrons. The molecule has 1 amide bonds. The SMILES string of the molecule is COC(=O)N1CCC(C(=O)O)CC1Cc1cccc(C(F)(F)F)c1. The Morgan fingerprint density at radius 3 is 2.67 bits per heavy atom. The van der Waals surface area contributed by atoms with E-state index in [1.54, 1.807) is 0 Å². The van der Waals surface area contributed by atoms with Crippen LogP contribution < -0.4 is 0 Å². The van der Waals surface area contributed by atoms with Crippen LogP contribution in [0, 0.1) is 5.92 Å². The normalized spacial score (nSPS) is 21.4. The Balaban J connectivity index is 2.22. The first-order valence-corrected chi connectivity index (χ1v) is 7.46. The fourth-order valence-electron chi connectivity index (χ4n) is 2.97. The van der Waals surface area contributed by atoms with Crippen molar-refractivity contribution in [1.29, 1.82) is 0 Å². The summed E-state index contributed by atoms with van der Waals surface area (Å²) in [4.78, 5) is 24.4. The third-order valence-electron chi connectivity index (χ3n) is 4.20. The third-order valence-corrected chi connectivity index (χ3v) is 4.20. The zero-order valence-corrected chi connectivity index (χ0v) is 13.0. The van der Waals surface area contributed by atoms with Gasteiger partial charge < -0.3 is 14.7 Å². The number of piperidine rings is 1. The Morgan fingerprint density at radius 2 is 2.08 bits per heavy atom. The Labute approximate surface area is 137 Å². The van der Waals surface area contributed by atoms with Crippen LogP contribution in [0.3, 0.4) is 0 Å². The molecule has 0 saturated carbocycles. The molecule has 5 nitrogen and oxygen atoms in total. The number of rotatable bonds is 3. The van der Waals surface area contributed by atoms with Crippen LogP contribution in [0.5, 0.6) is 0 Å². The molecule has 24 heavy (non-hydrogen) atoms.